The monoisotopic (exact) mass is 349 g/mol. The second-order valence-electron chi connectivity index (χ2n) is 5.50. The Morgan fingerprint density at radius 2 is 1.79 bits per heavy atom. The first-order valence-electron chi connectivity index (χ1n) is 7.54. The average Bonchev–Trinajstić information content (AvgIpc) is 2.60. The van der Waals surface area contributed by atoms with E-state index in [0.29, 0.717) is 47.0 Å². The number of fused-ring (bicyclic) bond motifs is 1. The van der Waals surface area contributed by atoms with Gasteiger partial charge in [0.2, 0.25) is 10.0 Å². The minimum Gasteiger partial charge on any atom is -0.486 e. The van der Waals surface area contributed by atoms with Gasteiger partial charge >= 0.3 is 0 Å². The molecule has 0 fully saturated rings. The van der Waals surface area contributed by atoms with Crippen molar-refractivity contribution in [1.29, 1.82) is 0 Å². The molecule has 7 heteroatoms. The molecule has 0 atom stereocenters. The number of aliphatic hydroxyl groups is 1. The number of aliphatic hydroxyl groups excluding tert-OH is 1. The summed E-state index contributed by atoms with van der Waals surface area (Å²) in [6.45, 7) is 2.48. The fourth-order valence-corrected chi connectivity index (χ4v) is 3.69. The molecule has 3 rings (SSSR count). The van der Waals surface area contributed by atoms with Crippen LogP contribution in [0.5, 0.6) is 11.5 Å². The van der Waals surface area contributed by atoms with Crippen LogP contribution in [0, 0.1) is 6.92 Å². The summed E-state index contributed by atoms with van der Waals surface area (Å²) in [4.78, 5) is 0.210. The Labute approximate surface area is 141 Å². The van der Waals surface area contributed by atoms with Crippen LogP contribution in [0.25, 0.3) is 11.1 Å². The molecule has 1 aliphatic heterocycles. The lowest BCUT2D eigenvalue weighted by molar-refractivity contribution is 0.171. The molecule has 0 amide bonds. The highest BCUT2D eigenvalue weighted by molar-refractivity contribution is 7.89. The van der Waals surface area contributed by atoms with E-state index in [-0.39, 0.29) is 11.5 Å². The van der Waals surface area contributed by atoms with E-state index in [4.69, 9.17) is 9.47 Å². The van der Waals surface area contributed by atoms with Crippen molar-refractivity contribution in [3.63, 3.8) is 0 Å². The summed E-state index contributed by atoms with van der Waals surface area (Å²) < 4.78 is 37.8. The van der Waals surface area contributed by atoms with Gasteiger partial charge < -0.3 is 14.6 Å². The summed E-state index contributed by atoms with van der Waals surface area (Å²) in [5.41, 5.74) is 2.71. The molecule has 0 saturated heterocycles. The van der Waals surface area contributed by atoms with Gasteiger partial charge in [0.1, 0.15) is 13.2 Å². The lowest BCUT2D eigenvalue weighted by Crippen LogP contribution is -2.19. The Hall–Kier alpha value is -2.09. The maximum Gasteiger partial charge on any atom is 0.240 e. The summed E-state index contributed by atoms with van der Waals surface area (Å²) in [6, 6.07) is 8.69. The molecule has 24 heavy (non-hydrogen) atoms. The molecule has 0 spiro atoms. The standard InChI is InChI=1S/C17H19NO5S/c1-11-3-4-12(8-17(11)24(20,21)18-2)14-9-16-15(7-13(14)10-19)22-5-6-23-16/h3-4,7-9,18-19H,5-6,10H2,1-2H3. The summed E-state index contributed by atoms with van der Waals surface area (Å²) >= 11 is 0. The van der Waals surface area contributed by atoms with E-state index in [9.17, 15) is 13.5 Å². The van der Waals surface area contributed by atoms with Gasteiger partial charge in [-0.3, -0.25) is 0 Å². The van der Waals surface area contributed by atoms with Crippen LogP contribution in [0.15, 0.2) is 35.2 Å². The molecule has 1 heterocycles. The van der Waals surface area contributed by atoms with Crippen LogP contribution in [-0.4, -0.2) is 33.8 Å². The van der Waals surface area contributed by atoms with E-state index in [1.807, 2.05) is 6.07 Å². The van der Waals surface area contributed by atoms with Gasteiger partial charge in [-0.2, -0.15) is 0 Å². The molecule has 128 valence electrons. The topological polar surface area (TPSA) is 84.9 Å². The smallest absolute Gasteiger partial charge is 0.240 e. The van der Waals surface area contributed by atoms with Gasteiger partial charge in [-0.25, -0.2) is 13.1 Å². The minimum absolute atomic E-state index is 0.187. The molecular weight excluding hydrogens is 330 g/mol. The Kier molecular flexibility index (Phi) is 4.49. The average molecular weight is 349 g/mol. The molecule has 0 radical (unpaired) electrons. The first kappa shape index (κ1) is 16.8. The van der Waals surface area contributed by atoms with E-state index >= 15 is 0 Å². The Morgan fingerprint density at radius 3 is 2.42 bits per heavy atom. The van der Waals surface area contributed by atoms with Crippen molar-refractivity contribution >= 4 is 10.0 Å². The molecule has 2 aromatic rings. The van der Waals surface area contributed by atoms with Crippen molar-refractivity contribution in [3.05, 3.63) is 41.5 Å². The van der Waals surface area contributed by atoms with Crippen LogP contribution in [0.4, 0.5) is 0 Å². The summed E-state index contributed by atoms with van der Waals surface area (Å²) in [7, 11) is -2.19. The van der Waals surface area contributed by atoms with Crippen molar-refractivity contribution in [2.45, 2.75) is 18.4 Å². The highest BCUT2D eigenvalue weighted by atomic mass is 32.2. The number of rotatable bonds is 4. The zero-order valence-electron chi connectivity index (χ0n) is 13.5. The number of ether oxygens (including phenoxy) is 2. The molecule has 2 aromatic carbocycles. The number of sulfonamides is 1. The van der Waals surface area contributed by atoms with Gasteiger partial charge in [-0.05, 0) is 54.4 Å². The van der Waals surface area contributed by atoms with Gasteiger partial charge in [-0.1, -0.05) is 12.1 Å². The van der Waals surface area contributed by atoms with E-state index in [1.165, 1.54) is 7.05 Å². The van der Waals surface area contributed by atoms with Crippen molar-refractivity contribution in [2.75, 3.05) is 20.3 Å². The zero-order valence-corrected chi connectivity index (χ0v) is 14.3. The van der Waals surface area contributed by atoms with Crippen LogP contribution in [0.2, 0.25) is 0 Å². The maximum atomic E-state index is 12.2. The van der Waals surface area contributed by atoms with Gasteiger partial charge in [-0.15, -0.1) is 0 Å². The second-order valence-corrected chi connectivity index (χ2v) is 7.35. The second kappa shape index (κ2) is 6.43. The van der Waals surface area contributed by atoms with E-state index in [2.05, 4.69) is 4.72 Å². The number of aryl methyl sites for hydroxylation is 1. The number of nitrogens with one attached hydrogen (secondary N) is 1. The normalized spacial score (nSPS) is 13.8. The van der Waals surface area contributed by atoms with Crippen LogP contribution >= 0.6 is 0 Å². The molecule has 0 bridgehead atoms. The molecule has 0 aromatic heterocycles. The van der Waals surface area contributed by atoms with E-state index < -0.39 is 10.0 Å². The Balaban J connectivity index is 2.17. The van der Waals surface area contributed by atoms with Crippen LogP contribution in [-0.2, 0) is 16.6 Å². The molecule has 0 saturated carbocycles. The largest absolute Gasteiger partial charge is 0.486 e. The van der Waals surface area contributed by atoms with Crippen LogP contribution < -0.4 is 14.2 Å². The molecule has 2 N–H and O–H groups in total. The molecule has 6 nitrogen and oxygen atoms in total. The molecule has 0 aliphatic carbocycles. The Bertz CT molecular complexity index is 877. The first-order chi connectivity index (χ1) is 11.5. The van der Waals surface area contributed by atoms with Gasteiger partial charge in [0.25, 0.3) is 0 Å². The SMILES string of the molecule is CNS(=O)(=O)c1cc(-c2cc3c(cc2CO)OCCO3)ccc1C. The third-order valence-electron chi connectivity index (χ3n) is 4.00. The predicted octanol–water partition coefficient (Wildman–Crippen LogP) is 1.83. The van der Waals surface area contributed by atoms with Crippen molar-refractivity contribution in [2.24, 2.45) is 0 Å². The summed E-state index contributed by atoms with van der Waals surface area (Å²) in [5.74, 6) is 1.18. The summed E-state index contributed by atoms with van der Waals surface area (Å²) in [5, 5.41) is 9.68. The number of benzene rings is 2. The predicted molar refractivity (Wildman–Crippen MR) is 89.8 cm³/mol. The highest BCUT2D eigenvalue weighted by Gasteiger charge is 2.19. The van der Waals surface area contributed by atoms with Gasteiger partial charge in [0.15, 0.2) is 11.5 Å². The van der Waals surface area contributed by atoms with E-state index in [1.54, 1.807) is 31.2 Å². The summed E-state index contributed by atoms with van der Waals surface area (Å²) in [6.07, 6.45) is 0. The fourth-order valence-electron chi connectivity index (χ4n) is 2.70. The van der Waals surface area contributed by atoms with Crippen molar-refractivity contribution in [3.8, 4) is 22.6 Å². The first-order valence-corrected chi connectivity index (χ1v) is 9.02. The minimum atomic E-state index is -3.56. The Morgan fingerprint density at radius 1 is 1.12 bits per heavy atom. The van der Waals surface area contributed by atoms with Gasteiger partial charge in [0, 0.05) is 0 Å². The van der Waals surface area contributed by atoms with E-state index in [0.717, 1.165) is 0 Å². The number of hydrogen-bond donors (Lipinski definition) is 2. The maximum absolute atomic E-state index is 12.2. The lowest BCUT2D eigenvalue weighted by atomic mass is 9.98. The van der Waals surface area contributed by atoms with Gasteiger partial charge in [0.05, 0.1) is 11.5 Å². The van der Waals surface area contributed by atoms with Crippen LogP contribution in [0.1, 0.15) is 11.1 Å². The van der Waals surface area contributed by atoms with Crippen LogP contribution in [0.3, 0.4) is 0 Å². The fraction of sp³-hybridized carbons (Fsp3) is 0.294. The number of hydrogen-bond acceptors (Lipinski definition) is 5. The lowest BCUT2D eigenvalue weighted by Gasteiger charge is -2.21. The highest BCUT2D eigenvalue weighted by Crippen LogP contribution is 2.38. The molecule has 1 aliphatic rings. The van der Waals surface area contributed by atoms with Crippen molar-refractivity contribution in [1.82, 2.24) is 4.72 Å². The third-order valence-corrected chi connectivity index (χ3v) is 5.55. The zero-order chi connectivity index (χ0) is 17.3. The molecule has 0 unspecified atom stereocenters. The quantitative estimate of drug-likeness (QED) is 0.880. The third kappa shape index (κ3) is 2.98. The van der Waals surface area contributed by atoms with Crippen molar-refractivity contribution < 1.29 is 23.0 Å². The molecular formula is C17H19NO5S.